The van der Waals surface area contributed by atoms with Crippen LogP contribution >= 0.6 is 15.9 Å². The van der Waals surface area contributed by atoms with Crippen LogP contribution in [0, 0.1) is 18.3 Å². The number of carboxylic acid groups (broad SMARTS) is 1. The zero-order chi connectivity index (χ0) is 14.7. The molecule has 1 aromatic heterocycles. The Morgan fingerprint density at radius 3 is 2.85 bits per heavy atom. The van der Waals surface area contributed by atoms with Crippen molar-refractivity contribution in [2.75, 3.05) is 0 Å². The van der Waals surface area contributed by atoms with Crippen molar-refractivity contribution in [2.45, 2.75) is 6.92 Å². The molecule has 0 bridgehead atoms. The van der Waals surface area contributed by atoms with Crippen molar-refractivity contribution in [3.8, 4) is 17.7 Å². The summed E-state index contributed by atoms with van der Waals surface area (Å²) in [7, 11) is 0. The predicted octanol–water partition coefficient (Wildman–Crippen LogP) is 3.51. The number of ether oxygens (including phenoxy) is 1. The van der Waals surface area contributed by atoms with E-state index >= 15 is 0 Å². The Morgan fingerprint density at radius 1 is 1.45 bits per heavy atom. The minimum Gasteiger partial charge on any atom is -0.477 e. The van der Waals surface area contributed by atoms with Crippen LogP contribution in [0.25, 0.3) is 0 Å². The van der Waals surface area contributed by atoms with Gasteiger partial charge in [0.2, 0.25) is 5.88 Å². The Labute approximate surface area is 123 Å². The number of nitrogens with zero attached hydrogens (tertiary/aromatic N) is 2. The Kier molecular flexibility index (Phi) is 4.01. The van der Waals surface area contributed by atoms with E-state index in [1.807, 2.05) is 6.07 Å². The van der Waals surface area contributed by atoms with Crippen molar-refractivity contribution in [3.05, 3.63) is 51.6 Å². The van der Waals surface area contributed by atoms with Crippen LogP contribution in [0.15, 0.2) is 34.9 Å². The number of hydrogen-bond acceptors (Lipinski definition) is 4. The van der Waals surface area contributed by atoms with Gasteiger partial charge in [0, 0.05) is 10.7 Å². The third kappa shape index (κ3) is 2.95. The molecule has 1 heterocycles. The number of aromatic carboxylic acids is 1. The van der Waals surface area contributed by atoms with Gasteiger partial charge in [-0.1, -0.05) is 6.07 Å². The minimum atomic E-state index is -1.14. The molecule has 0 saturated heterocycles. The van der Waals surface area contributed by atoms with E-state index in [9.17, 15) is 4.79 Å². The number of nitriles is 1. The van der Waals surface area contributed by atoms with E-state index in [1.165, 1.54) is 12.3 Å². The van der Waals surface area contributed by atoms with Crippen LogP contribution in [0.2, 0.25) is 0 Å². The van der Waals surface area contributed by atoms with Gasteiger partial charge >= 0.3 is 5.97 Å². The molecule has 2 aromatic rings. The van der Waals surface area contributed by atoms with Crippen LogP contribution in [-0.2, 0) is 0 Å². The predicted molar refractivity (Wildman–Crippen MR) is 74.9 cm³/mol. The molecule has 5 nitrogen and oxygen atoms in total. The average Bonchev–Trinajstić information content (AvgIpc) is 2.42. The molecule has 6 heteroatoms. The fourth-order valence-electron chi connectivity index (χ4n) is 1.55. The molecular formula is C14H9BrN2O3. The van der Waals surface area contributed by atoms with Crippen molar-refractivity contribution >= 4 is 21.9 Å². The first-order valence-electron chi connectivity index (χ1n) is 5.58. The lowest BCUT2D eigenvalue weighted by molar-refractivity contribution is 0.0693. The SMILES string of the molecule is Cc1ccc(C#N)cc1Oc1ncc(Br)cc1C(=O)O. The van der Waals surface area contributed by atoms with Gasteiger partial charge in [0.15, 0.2) is 0 Å². The molecule has 20 heavy (non-hydrogen) atoms. The van der Waals surface area contributed by atoms with Crippen LogP contribution in [-0.4, -0.2) is 16.1 Å². The number of pyridine rings is 1. The summed E-state index contributed by atoms with van der Waals surface area (Å²) in [6.45, 7) is 1.80. The lowest BCUT2D eigenvalue weighted by Gasteiger charge is -2.10. The van der Waals surface area contributed by atoms with Crippen molar-refractivity contribution in [3.63, 3.8) is 0 Å². The Morgan fingerprint density at radius 2 is 2.20 bits per heavy atom. The number of aromatic nitrogens is 1. The fourth-order valence-corrected chi connectivity index (χ4v) is 1.88. The lowest BCUT2D eigenvalue weighted by Crippen LogP contribution is -2.02. The van der Waals surface area contributed by atoms with E-state index < -0.39 is 5.97 Å². The maximum atomic E-state index is 11.2. The maximum Gasteiger partial charge on any atom is 0.341 e. The lowest BCUT2D eigenvalue weighted by atomic mass is 10.1. The van der Waals surface area contributed by atoms with Gasteiger partial charge in [-0.05, 0) is 46.6 Å². The summed E-state index contributed by atoms with van der Waals surface area (Å²) in [5, 5.41) is 18.0. The van der Waals surface area contributed by atoms with E-state index in [0.29, 0.717) is 15.8 Å². The second-order valence-electron chi connectivity index (χ2n) is 4.01. The van der Waals surface area contributed by atoms with Crippen LogP contribution in [0.4, 0.5) is 0 Å². The molecule has 0 fully saturated rings. The Balaban J connectivity index is 2.45. The Bertz CT molecular complexity index is 723. The van der Waals surface area contributed by atoms with Crippen molar-refractivity contribution < 1.29 is 14.6 Å². The molecule has 2 rings (SSSR count). The molecule has 0 spiro atoms. The molecule has 0 aliphatic rings. The van der Waals surface area contributed by atoms with Crippen molar-refractivity contribution in [1.29, 1.82) is 5.26 Å². The van der Waals surface area contributed by atoms with E-state index in [0.717, 1.165) is 5.56 Å². The molecule has 1 N–H and O–H groups in total. The molecule has 0 aliphatic heterocycles. The fraction of sp³-hybridized carbons (Fsp3) is 0.0714. The van der Waals surface area contributed by atoms with Crippen LogP contribution < -0.4 is 4.74 Å². The van der Waals surface area contributed by atoms with Gasteiger partial charge in [-0.15, -0.1) is 0 Å². The van der Waals surface area contributed by atoms with Gasteiger partial charge in [-0.2, -0.15) is 5.26 Å². The summed E-state index contributed by atoms with van der Waals surface area (Å²) >= 11 is 3.16. The van der Waals surface area contributed by atoms with E-state index in [1.54, 1.807) is 25.1 Å². The van der Waals surface area contributed by atoms with Gasteiger partial charge in [0.25, 0.3) is 0 Å². The third-order valence-electron chi connectivity index (χ3n) is 2.57. The second kappa shape index (κ2) is 5.72. The first kappa shape index (κ1) is 14.0. The van der Waals surface area contributed by atoms with E-state index in [2.05, 4.69) is 20.9 Å². The highest BCUT2D eigenvalue weighted by molar-refractivity contribution is 9.10. The number of carbonyl (C=O) groups is 1. The van der Waals surface area contributed by atoms with Gasteiger partial charge < -0.3 is 9.84 Å². The normalized spacial score (nSPS) is 9.85. The molecule has 0 atom stereocenters. The largest absolute Gasteiger partial charge is 0.477 e. The highest BCUT2D eigenvalue weighted by Crippen LogP contribution is 2.28. The van der Waals surface area contributed by atoms with Crippen LogP contribution in [0.5, 0.6) is 11.6 Å². The van der Waals surface area contributed by atoms with E-state index in [4.69, 9.17) is 15.1 Å². The quantitative estimate of drug-likeness (QED) is 0.929. The summed E-state index contributed by atoms with van der Waals surface area (Å²) < 4.78 is 6.08. The van der Waals surface area contributed by atoms with Gasteiger partial charge in [0.1, 0.15) is 11.3 Å². The number of hydrogen-bond donors (Lipinski definition) is 1. The molecule has 100 valence electrons. The van der Waals surface area contributed by atoms with Crippen LogP contribution in [0.1, 0.15) is 21.5 Å². The monoisotopic (exact) mass is 332 g/mol. The molecule has 0 unspecified atom stereocenters. The van der Waals surface area contributed by atoms with Gasteiger partial charge in [0.05, 0.1) is 11.6 Å². The standard InChI is InChI=1S/C14H9BrN2O3/c1-8-2-3-9(6-16)4-12(8)20-13-11(14(18)19)5-10(15)7-17-13/h2-5,7H,1H3,(H,18,19). The first-order valence-corrected chi connectivity index (χ1v) is 6.38. The van der Waals surface area contributed by atoms with Crippen molar-refractivity contribution in [2.24, 2.45) is 0 Å². The zero-order valence-corrected chi connectivity index (χ0v) is 12.0. The highest BCUT2D eigenvalue weighted by atomic mass is 79.9. The number of benzene rings is 1. The van der Waals surface area contributed by atoms with Crippen molar-refractivity contribution in [1.82, 2.24) is 4.98 Å². The second-order valence-corrected chi connectivity index (χ2v) is 4.92. The molecule has 1 aromatic carbocycles. The summed E-state index contributed by atoms with van der Waals surface area (Å²) in [5.41, 5.74) is 1.16. The molecule has 0 aliphatic carbocycles. The minimum absolute atomic E-state index is 0.0149. The summed E-state index contributed by atoms with van der Waals surface area (Å²) in [6.07, 6.45) is 1.45. The summed E-state index contributed by atoms with van der Waals surface area (Å²) in [5.74, 6) is -0.747. The van der Waals surface area contributed by atoms with Crippen LogP contribution in [0.3, 0.4) is 0 Å². The number of rotatable bonds is 3. The van der Waals surface area contributed by atoms with Gasteiger partial charge in [-0.25, -0.2) is 9.78 Å². The first-order chi connectivity index (χ1) is 9.51. The number of aryl methyl sites for hydroxylation is 1. The number of halogens is 1. The molecule has 0 amide bonds. The zero-order valence-electron chi connectivity index (χ0n) is 10.4. The molecule has 0 radical (unpaired) electrons. The average molecular weight is 333 g/mol. The highest BCUT2D eigenvalue weighted by Gasteiger charge is 2.15. The number of carboxylic acids is 1. The smallest absolute Gasteiger partial charge is 0.341 e. The third-order valence-corrected chi connectivity index (χ3v) is 3.01. The molecule has 0 saturated carbocycles. The Hall–Kier alpha value is -2.39. The topological polar surface area (TPSA) is 83.2 Å². The van der Waals surface area contributed by atoms with E-state index in [-0.39, 0.29) is 11.4 Å². The summed E-state index contributed by atoms with van der Waals surface area (Å²) in [4.78, 5) is 15.1. The summed E-state index contributed by atoms with van der Waals surface area (Å²) in [6, 6.07) is 8.35. The van der Waals surface area contributed by atoms with Gasteiger partial charge in [-0.3, -0.25) is 0 Å². The maximum absolute atomic E-state index is 11.2. The molecular weight excluding hydrogens is 324 g/mol.